The zero-order chi connectivity index (χ0) is 14.3. The molecule has 2 atom stereocenters. The van der Waals surface area contributed by atoms with Gasteiger partial charge in [0.05, 0.1) is 5.60 Å². The van der Waals surface area contributed by atoms with E-state index in [1.54, 1.807) is 6.92 Å². The van der Waals surface area contributed by atoms with E-state index in [1.165, 1.54) is 25.7 Å². The third-order valence-electron chi connectivity index (χ3n) is 3.93. The zero-order valence-corrected chi connectivity index (χ0v) is 13.0. The Hall–Kier alpha value is -0.570. The molecule has 3 heteroatoms. The first-order valence-electron chi connectivity index (χ1n) is 7.72. The number of carbonyl (C=O) groups excluding carboxylic acids is 1. The van der Waals surface area contributed by atoms with E-state index in [2.05, 4.69) is 6.92 Å². The first kappa shape index (κ1) is 16.5. The van der Waals surface area contributed by atoms with Gasteiger partial charge in [-0.2, -0.15) is 0 Å². The molecular weight excluding hydrogens is 240 g/mol. The molecule has 0 saturated heterocycles. The lowest BCUT2D eigenvalue weighted by molar-refractivity contribution is -0.153. The van der Waals surface area contributed by atoms with Crippen LogP contribution in [0.5, 0.6) is 0 Å². The molecule has 1 saturated carbocycles. The minimum absolute atomic E-state index is 0.155. The van der Waals surface area contributed by atoms with Crippen LogP contribution < -0.4 is 0 Å². The molecule has 19 heavy (non-hydrogen) atoms. The third-order valence-corrected chi connectivity index (χ3v) is 3.93. The van der Waals surface area contributed by atoms with Crippen LogP contribution in [0.4, 0.5) is 0 Å². The Morgan fingerprint density at radius 1 is 1.32 bits per heavy atom. The minimum atomic E-state index is -0.370. The van der Waals surface area contributed by atoms with Gasteiger partial charge in [0.1, 0.15) is 6.61 Å². The quantitative estimate of drug-likeness (QED) is 0.657. The third kappa shape index (κ3) is 6.95. The maximum Gasteiger partial charge on any atom is 0.305 e. The lowest BCUT2D eigenvalue weighted by Crippen LogP contribution is -2.33. The van der Waals surface area contributed by atoms with Crippen molar-refractivity contribution < 1.29 is 14.3 Å². The Balaban J connectivity index is 2.17. The van der Waals surface area contributed by atoms with Gasteiger partial charge in [0.15, 0.2) is 0 Å². The number of rotatable bonds is 7. The van der Waals surface area contributed by atoms with Crippen LogP contribution in [-0.4, -0.2) is 24.8 Å². The van der Waals surface area contributed by atoms with E-state index in [4.69, 9.17) is 9.47 Å². The van der Waals surface area contributed by atoms with Crippen LogP contribution in [0.1, 0.15) is 66.2 Å². The Morgan fingerprint density at radius 2 is 2.05 bits per heavy atom. The first-order chi connectivity index (χ1) is 8.93. The first-order valence-corrected chi connectivity index (χ1v) is 7.72. The summed E-state index contributed by atoms with van der Waals surface area (Å²) in [7, 11) is 0. The standard InChI is InChI=1S/C16H30O3/c1-5-15(17)18-12-16(3,4)19-10-9-14-8-6-7-13(2)11-14/h13-14H,5-12H2,1-4H3. The van der Waals surface area contributed by atoms with Crippen LogP contribution in [0.2, 0.25) is 0 Å². The molecule has 1 rings (SSSR count). The number of esters is 1. The molecule has 1 aliphatic carbocycles. The molecule has 0 radical (unpaired) electrons. The molecule has 0 bridgehead atoms. The molecule has 0 amide bonds. The van der Waals surface area contributed by atoms with Crippen molar-refractivity contribution in [1.82, 2.24) is 0 Å². The zero-order valence-electron chi connectivity index (χ0n) is 13.0. The van der Waals surface area contributed by atoms with Gasteiger partial charge in [-0.25, -0.2) is 0 Å². The van der Waals surface area contributed by atoms with Crippen molar-refractivity contribution >= 4 is 5.97 Å². The lowest BCUT2D eigenvalue weighted by atomic mass is 9.81. The van der Waals surface area contributed by atoms with Gasteiger partial charge < -0.3 is 9.47 Å². The SMILES string of the molecule is CCC(=O)OCC(C)(C)OCCC1CCCC(C)C1. The second kappa shape index (κ2) is 7.88. The summed E-state index contributed by atoms with van der Waals surface area (Å²) < 4.78 is 11.0. The summed E-state index contributed by atoms with van der Waals surface area (Å²) in [5.74, 6) is 1.53. The highest BCUT2D eigenvalue weighted by atomic mass is 16.6. The van der Waals surface area contributed by atoms with E-state index in [9.17, 15) is 4.79 Å². The molecule has 0 aromatic carbocycles. The highest BCUT2D eigenvalue weighted by Crippen LogP contribution is 2.30. The van der Waals surface area contributed by atoms with Gasteiger partial charge in [-0.3, -0.25) is 4.79 Å². The maximum atomic E-state index is 11.1. The number of carbonyl (C=O) groups is 1. The van der Waals surface area contributed by atoms with Gasteiger partial charge in [-0.1, -0.05) is 33.1 Å². The van der Waals surface area contributed by atoms with Crippen molar-refractivity contribution in [3.8, 4) is 0 Å². The predicted molar refractivity (Wildman–Crippen MR) is 77.0 cm³/mol. The average Bonchev–Trinajstić information content (AvgIpc) is 2.36. The fraction of sp³-hybridized carbons (Fsp3) is 0.938. The van der Waals surface area contributed by atoms with Gasteiger partial charge in [-0.15, -0.1) is 0 Å². The lowest BCUT2D eigenvalue weighted by Gasteiger charge is -2.29. The summed E-state index contributed by atoms with van der Waals surface area (Å²) in [6, 6.07) is 0. The van der Waals surface area contributed by atoms with Gasteiger partial charge in [0.2, 0.25) is 0 Å². The topological polar surface area (TPSA) is 35.5 Å². The molecule has 0 heterocycles. The molecule has 0 aliphatic heterocycles. The summed E-state index contributed by atoms with van der Waals surface area (Å²) in [5, 5.41) is 0. The van der Waals surface area contributed by atoms with Crippen molar-refractivity contribution in [1.29, 1.82) is 0 Å². The van der Waals surface area contributed by atoms with Gasteiger partial charge in [0, 0.05) is 13.0 Å². The molecule has 112 valence electrons. The van der Waals surface area contributed by atoms with E-state index in [0.717, 1.165) is 24.9 Å². The van der Waals surface area contributed by atoms with Crippen molar-refractivity contribution in [3.63, 3.8) is 0 Å². The van der Waals surface area contributed by atoms with Crippen molar-refractivity contribution in [2.75, 3.05) is 13.2 Å². The van der Waals surface area contributed by atoms with Crippen LogP contribution in [0.25, 0.3) is 0 Å². The summed E-state index contributed by atoms with van der Waals surface area (Å²) >= 11 is 0. The molecule has 0 N–H and O–H groups in total. The molecule has 0 aromatic heterocycles. The van der Waals surface area contributed by atoms with Crippen LogP contribution in [0.3, 0.4) is 0 Å². The Labute approximate surface area is 118 Å². The normalized spacial score (nSPS) is 24.2. The Bertz CT molecular complexity index is 273. The molecule has 3 nitrogen and oxygen atoms in total. The molecule has 0 aromatic rings. The summed E-state index contributed by atoms with van der Waals surface area (Å²) in [4.78, 5) is 11.1. The van der Waals surface area contributed by atoms with E-state index in [1.807, 2.05) is 13.8 Å². The number of ether oxygens (including phenoxy) is 2. The van der Waals surface area contributed by atoms with Gasteiger partial charge >= 0.3 is 5.97 Å². The minimum Gasteiger partial charge on any atom is -0.463 e. The fourth-order valence-corrected chi connectivity index (χ4v) is 2.72. The number of hydrogen-bond donors (Lipinski definition) is 0. The fourth-order valence-electron chi connectivity index (χ4n) is 2.72. The average molecular weight is 270 g/mol. The second-order valence-electron chi connectivity index (χ2n) is 6.55. The Kier molecular flexibility index (Phi) is 6.84. The molecular formula is C16H30O3. The molecule has 0 spiro atoms. The molecule has 1 aliphatic rings. The van der Waals surface area contributed by atoms with Crippen LogP contribution in [0.15, 0.2) is 0 Å². The highest BCUT2D eigenvalue weighted by Gasteiger charge is 2.23. The van der Waals surface area contributed by atoms with E-state index in [-0.39, 0.29) is 11.6 Å². The van der Waals surface area contributed by atoms with Gasteiger partial charge in [0.25, 0.3) is 0 Å². The second-order valence-corrected chi connectivity index (χ2v) is 6.55. The maximum absolute atomic E-state index is 11.1. The smallest absolute Gasteiger partial charge is 0.305 e. The van der Waals surface area contributed by atoms with Crippen LogP contribution >= 0.6 is 0 Å². The van der Waals surface area contributed by atoms with Gasteiger partial charge in [-0.05, 0) is 38.5 Å². The van der Waals surface area contributed by atoms with Crippen molar-refractivity contribution in [2.45, 2.75) is 71.8 Å². The summed E-state index contributed by atoms with van der Waals surface area (Å²) in [5.41, 5.74) is -0.370. The molecule has 1 fully saturated rings. The van der Waals surface area contributed by atoms with E-state index >= 15 is 0 Å². The van der Waals surface area contributed by atoms with E-state index < -0.39 is 0 Å². The van der Waals surface area contributed by atoms with Crippen LogP contribution in [0, 0.1) is 11.8 Å². The largest absolute Gasteiger partial charge is 0.463 e. The van der Waals surface area contributed by atoms with Crippen molar-refractivity contribution in [2.24, 2.45) is 11.8 Å². The predicted octanol–water partition coefficient (Wildman–Crippen LogP) is 3.95. The molecule has 2 unspecified atom stereocenters. The highest BCUT2D eigenvalue weighted by molar-refractivity contribution is 5.68. The van der Waals surface area contributed by atoms with Crippen LogP contribution in [-0.2, 0) is 14.3 Å². The monoisotopic (exact) mass is 270 g/mol. The summed E-state index contributed by atoms with van der Waals surface area (Å²) in [6.07, 6.45) is 7.00. The van der Waals surface area contributed by atoms with Crippen molar-refractivity contribution in [3.05, 3.63) is 0 Å². The van der Waals surface area contributed by atoms with E-state index in [0.29, 0.717) is 13.0 Å². The summed E-state index contributed by atoms with van der Waals surface area (Å²) in [6.45, 7) is 9.25. The number of hydrogen-bond acceptors (Lipinski definition) is 3. The Morgan fingerprint density at radius 3 is 2.68 bits per heavy atom.